The van der Waals surface area contributed by atoms with Crippen LogP contribution in [-0.2, 0) is 4.74 Å². The Kier molecular flexibility index (Phi) is 14.9. The van der Waals surface area contributed by atoms with Gasteiger partial charge in [0.05, 0.1) is 29.8 Å². The Hall–Kier alpha value is -0.650. The molecule has 1 rings (SSSR count). The summed E-state index contributed by atoms with van der Waals surface area (Å²) < 4.78 is 5.79. The van der Waals surface area contributed by atoms with Crippen molar-refractivity contribution >= 4 is 17.2 Å². The van der Waals surface area contributed by atoms with Crippen molar-refractivity contribution in [3.8, 4) is 0 Å². The van der Waals surface area contributed by atoms with Crippen molar-refractivity contribution in [3.63, 3.8) is 0 Å². The van der Waals surface area contributed by atoms with E-state index in [0.29, 0.717) is 24.3 Å². The van der Waals surface area contributed by atoms with Gasteiger partial charge in [-0.3, -0.25) is 0 Å². The molecule has 184 valence electrons. The smallest absolute Gasteiger partial charge is 0.112 e. The fourth-order valence-corrected chi connectivity index (χ4v) is 3.60. The molecule has 31 heavy (non-hydrogen) atoms. The molecule has 0 aromatic heterocycles. The molecule has 0 amide bonds. The van der Waals surface area contributed by atoms with Crippen molar-refractivity contribution in [1.29, 1.82) is 0 Å². The van der Waals surface area contributed by atoms with Crippen LogP contribution in [0.25, 0.3) is 0 Å². The quantitative estimate of drug-likeness (QED) is 0.158. The van der Waals surface area contributed by atoms with Gasteiger partial charge in [-0.2, -0.15) is 0 Å². The van der Waals surface area contributed by atoms with E-state index in [1.165, 1.54) is 12.5 Å². The van der Waals surface area contributed by atoms with Crippen molar-refractivity contribution in [1.82, 2.24) is 5.32 Å². The zero-order valence-electron chi connectivity index (χ0n) is 19.6. The summed E-state index contributed by atoms with van der Waals surface area (Å²) in [7, 11) is 0. The van der Waals surface area contributed by atoms with Gasteiger partial charge in [0.15, 0.2) is 0 Å². The topological polar surface area (TPSA) is 148 Å². The van der Waals surface area contributed by atoms with Crippen LogP contribution in [0.3, 0.4) is 0 Å². The highest BCUT2D eigenvalue weighted by atomic mass is 32.1. The first kappa shape index (κ1) is 30.4. The van der Waals surface area contributed by atoms with Gasteiger partial charge in [0.25, 0.3) is 0 Å². The third kappa shape index (κ3) is 13.5. The van der Waals surface area contributed by atoms with Gasteiger partial charge in [-0.05, 0) is 18.3 Å². The molecule has 7 unspecified atom stereocenters. The first-order chi connectivity index (χ1) is 14.3. The summed E-state index contributed by atoms with van der Waals surface area (Å²) in [5.74, 6) is 0. The molecule has 7 atom stereocenters. The highest BCUT2D eigenvalue weighted by molar-refractivity contribution is 7.80. The van der Waals surface area contributed by atoms with Crippen molar-refractivity contribution in [2.75, 3.05) is 6.61 Å². The van der Waals surface area contributed by atoms with Crippen molar-refractivity contribution in [3.05, 3.63) is 12.2 Å². The van der Waals surface area contributed by atoms with Gasteiger partial charge in [0.2, 0.25) is 0 Å². The SMILES string of the molecule is CC(C)(C)CC(=S)NC(COC1CC/C=C\C(O)C(O)C1O)C(O)CC(N)O.CCC. The molecule has 0 fully saturated rings. The van der Waals surface area contributed by atoms with Crippen LogP contribution in [0.5, 0.6) is 0 Å². The Morgan fingerprint density at radius 2 is 1.77 bits per heavy atom. The van der Waals surface area contributed by atoms with Crippen LogP contribution in [0.4, 0.5) is 0 Å². The molecule has 8 N–H and O–H groups in total. The van der Waals surface area contributed by atoms with E-state index in [4.69, 9.17) is 22.7 Å². The second-order valence-electron chi connectivity index (χ2n) is 9.34. The van der Waals surface area contributed by atoms with Crippen molar-refractivity contribution < 1.29 is 30.3 Å². The number of ether oxygens (including phenoxy) is 1. The average Bonchev–Trinajstić information content (AvgIpc) is 2.62. The molecule has 0 bridgehead atoms. The maximum Gasteiger partial charge on any atom is 0.112 e. The number of rotatable bonds is 8. The molecule has 0 aliphatic heterocycles. The number of allylic oxidation sites excluding steroid dienone is 1. The second kappa shape index (κ2) is 15.2. The van der Waals surface area contributed by atoms with E-state index in [-0.39, 0.29) is 18.4 Å². The summed E-state index contributed by atoms with van der Waals surface area (Å²) in [6.45, 7) is 10.3. The van der Waals surface area contributed by atoms with Gasteiger partial charge >= 0.3 is 0 Å². The van der Waals surface area contributed by atoms with Crippen molar-refractivity contribution in [2.24, 2.45) is 11.1 Å². The fraction of sp³-hybridized carbons (Fsp3) is 0.864. The Labute approximate surface area is 192 Å². The van der Waals surface area contributed by atoms with Gasteiger partial charge in [-0.1, -0.05) is 65.4 Å². The van der Waals surface area contributed by atoms with E-state index >= 15 is 0 Å². The molecule has 8 nitrogen and oxygen atoms in total. The summed E-state index contributed by atoms with van der Waals surface area (Å²) in [5.41, 5.74) is 5.34. The van der Waals surface area contributed by atoms with Crippen LogP contribution >= 0.6 is 12.2 Å². The number of aliphatic hydroxyl groups is 5. The number of hydrogen-bond acceptors (Lipinski definition) is 8. The van der Waals surface area contributed by atoms with E-state index in [2.05, 4.69) is 19.2 Å². The highest BCUT2D eigenvalue weighted by Gasteiger charge is 2.33. The fourth-order valence-electron chi connectivity index (χ4n) is 3.01. The molecular weight excluding hydrogens is 420 g/mol. The minimum Gasteiger partial charge on any atom is -0.391 e. The lowest BCUT2D eigenvalue weighted by Gasteiger charge is -2.33. The maximum atomic E-state index is 10.4. The Bertz CT molecular complexity index is 527. The van der Waals surface area contributed by atoms with Crippen molar-refractivity contribution in [2.45, 2.75) is 110 Å². The Morgan fingerprint density at radius 3 is 2.29 bits per heavy atom. The largest absolute Gasteiger partial charge is 0.391 e. The predicted octanol–water partition coefficient (Wildman–Crippen LogP) is 0.971. The molecule has 0 aromatic rings. The molecule has 0 saturated heterocycles. The van der Waals surface area contributed by atoms with Crippen LogP contribution in [0.1, 0.15) is 66.7 Å². The van der Waals surface area contributed by atoms with Crippen LogP contribution in [0.2, 0.25) is 0 Å². The van der Waals surface area contributed by atoms with Gasteiger partial charge in [-0.25, -0.2) is 0 Å². The molecule has 0 aromatic carbocycles. The Balaban J connectivity index is 0.00000282. The molecule has 0 spiro atoms. The summed E-state index contributed by atoms with van der Waals surface area (Å²) >= 11 is 5.38. The van der Waals surface area contributed by atoms with Gasteiger partial charge in [0.1, 0.15) is 24.5 Å². The zero-order valence-corrected chi connectivity index (χ0v) is 20.4. The standard InChI is InChI=1S/C19H36N2O6S.C3H8/c1-19(2,3)9-16(28)21-11(13(23)8-15(20)24)10-27-14-7-5-4-6-12(22)17(25)18(14)26;1-3-2/h4,6,11-15,17-18,22-26H,5,7-10,20H2,1-3H3,(H,21,28);3H2,1-2H3/b6-4-;. The van der Waals surface area contributed by atoms with E-state index in [0.717, 1.165) is 0 Å². The minimum atomic E-state index is -1.37. The summed E-state index contributed by atoms with van der Waals surface area (Å²) in [6.07, 6.45) is -0.816. The van der Waals surface area contributed by atoms with Crippen LogP contribution in [0.15, 0.2) is 12.2 Å². The molecule has 1 aliphatic carbocycles. The number of nitrogens with two attached hydrogens (primary N) is 1. The number of aliphatic hydroxyl groups excluding tert-OH is 5. The lowest BCUT2D eigenvalue weighted by molar-refractivity contribution is -0.124. The van der Waals surface area contributed by atoms with Gasteiger partial charge in [-0.15, -0.1) is 0 Å². The number of nitrogens with one attached hydrogen (secondary N) is 1. The van der Waals surface area contributed by atoms with Gasteiger partial charge in [0, 0.05) is 12.8 Å². The Morgan fingerprint density at radius 1 is 1.19 bits per heavy atom. The summed E-state index contributed by atoms with van der Waals surface area (Å²) in [4.78, 5) is 0.545. The summed E-state index contributed by atoms with van der Waals surface area (Å²) in [5, 5.41) is 53.0. The first-order valence-corrected chi connectivity index (χ1v) is 11.5. The third-order valence-electron chi connectivity index (χ3n) is 4.51. The normalized spacial score (nSPS) is 28.2. The van der Waals surface area contributed by atoms with E-state index in [1.807, 2.05) is 20.8 Å². The molecule has 9 heteroatoms. The zero-order chi connectivity index (χ0) is 24.2. The molecule has 0 saturated carbocycles. The summed E-state index contributed by atoms with van der Waals surface area (Å²) in [6, 6.07) is -0.650. The number of thiocarbonyl (C=S) groups is 1. The molecule has 0 radical (unpaired) electrons. The number of hydrogen-bond donors (Lipinski definition) is 7. The third-order valence-corrected chi connectivity index (χ3v) is 4.77. The van der Waals surface area contributed by atoms with E-state index < -0.39 is 42.8 Å². The van der Waals surface area contributed by atoms with Gasteiger partial charge < -0.3 is 41.3 Å². The lowest BCUT2D eigenvalue weighted by atomic mass is 9.92. The van der Waals surface area contributed by atoms with E-state index in [1.54, 1.807) is 6.08 Å². The molecule has 1 aliphatic rings. The maximum absolute atomic E-state index is 10.4. The van der Waals surface area contributed by atoms with E-state index in [9.17, 15) is 25.5 Å². The predicted molar refractivity (Wildman–Crippen MR) is 127 cm³/mol. The van der Waals surface area contributed by atoms with Crippen LogP contribution < -0.4 is 11.1 Å². The average molecular weight is 465 g/mol. The lowest BCUT2D eigenvalue weighted by Crippen LogP contribution is -2.51. The minimum absolute atomic E-state index is 0.0214. The highest BCUT2D eigenvalue weighted by Crippen LogP contribution is 2.20. The molecule has 0 heterocycles. The molecular formula is C22H44N2O6S. The monoisotopic (exact) mass is 464 g/mol. The first-order valence-electron chi connectivity index (χ1n) is 11.1. The van der Waals surface area contributed by atoms with Crippen LogP contribution in [0, 0.1) is 5.41 Å². The second-order valence-corrected chi connectivity index (χ2v) is 9.83. The van der Waals surface area contributed by atoms with Crippen LogP contribution in [-0.4, -0.2) is 79.9 Å².